The molecule has 1 aromatic heterocycles. The molecule has 0 unspecified atom stereocenters. The number of para-hydroxylation sites is 1. The van der Waals surface area contributed by atoms with Crippen molar-refractivity contribution in [2.24, 2.45) is 0 Å². The third kappa shape index (κ3) is 2.26. The van der Waals surface area contributed by atoms with Crippen LogP contribution in [-0.2, 0) is 6.54 Å². The van der Waals surface area contributed by atoms with Gasteiger partial charge in [-0.2, -0.15) is 0 Å². The Labute approximate surface area is 139 Å². The van der Waals surface area contributed by atoms with Gasteiger partial charge in [0, 0.05) is 10.8 Å². The minimum absolute atomic E-state index is 0.00598. The van der Waals surface area contributed by atoms with Gasteiger partial charge in [-0.1, -0.05) is 60.7 Å². The molecule has 118 valence electrons. The van der Waals surface area contributed by atoms with Crippen LogP contribution in [0.1, 0.15) is 5.56 Å². The summed E-state index contributed by atoms with van der Waals surface area (Å²) in [5, 5.41) is 2.72. The van der Waals surface area contributed by atoms with Crippen LogP contribution in [0.4, 0.5) is 0 Å². The lowest BCUT2D eigenvalue weighted by atomic mass is 10.0. The van der Waals surface area contributed by atoms with Crippen molar-refractivity contribution >= 4 is 21.7 Å². The first-order valence-electron chi connectivity index (χ1n) is 7.92. The number of pyridine rings is 1. The molecule has 4 aromatic rings. The van der Waals surface area contributed by atoms with Crippen molar-refractivity contribution in [2.45, 2.75) is 6.54 Å². The van der Waals surface area contributed by atoms with Crippen LogP contribution in [0.15, 0.2) is 77.6 Å². The van der Waals surface area contributed by atoms with Gasteiger partial charge in [0.2, 0.25) is 0 Å². The third-order valence-electron chi connectivity index (χ3n) is 4.37. The lowest BCUT2D eigenvalue weighted by Gasteiger charge is -2.16. The fourth-order valence-electron chi connectivity index (χ4n) is 3.25. The van der Waals surface area contributed by atoms with Crippen LogP contribution in [0.3, 0.4) is 0 Å². The molecule has 4 rings (SSSR count). The molecule has 3 aromatic carbocycles. The van der Waals surface area contributed by atoms with Crippen LogP contribution in [-0.4, -0.2) is 11.7 Å². The molecule has 0 N–H and O–H groups in total. The zero-order valence-electron chi connectivity index (χ0n) is 13.4. The zero-order chi connectivity index (χ0) is 16.5. The van der Waals surface area contributed by atoms with Gasteiger partial charge < -0.3 is 4.74 Å². The maximum Gasteiger partial charge on any atom is 0.259 e. The topological polar surface area (TPSA) is 31.2 Å². The van der Waals surface area contributed by atoms with E-state index < -0.39 is 0 Å². The van der Waals surface area contributed by atoms with Crippen LogP contribution in [0.5, 0.6) is 5.75 Å². The molecule has 0 bridgehead atoms. The first-order chi connectivity index (χ1) is 11.8. The number of fused-ring (bicyclic) bond motifs is 3. The van der Waals surface area contributed by atoms with Gasteiger partial charge in [-0.15, -0.1) is 0 Å². The first-order valence-corrected chi connectivity index (χ1v) is 7.92. The molecule has 0 aliphatic heterocycles. The maximum atomic E-state index is 13.1. The molecule has 0 atom stereocenters. The average molecular weight is 315 g/mol. The van der Waals surface area contributed by atoms with Crippen molar-refractivity contribution in [3.05, 3.63) is 88.7 Å². The number of benzene rings is 3. The van der Waals surface area contributed by atoms with Crippen LogP contribution < -0.4 is 10.3 Å². The van der Waals surface area contributed by atoms with Gasteiger partial charge >= 0.3 is 0 Å². The molecule has 3 heteroatoms. The summed E-state index contributed by atoms with van der Waals surface area (Å²) in [4.78, 5) is 13.1. The Morgan fingerprint density at radius 3 is 2.21 bits per heavy atom. The van der Waals surface area contributed by atoms with Gasteiger partial charge in [-0.05, 0) is 23.1 Å². The molecule has 3 nitrogen and oxygen atoms in total. The van der Waals surface area contributed by atoms with E-state index in [1.807, 2.05) is 77.4 Å². The van der Waals surface area contributed by atoms with Gasteiger partial charge in [0.15, 0.2) is 0 Å². The second-order valence-electron chi connectivity index (χ2n) is 5.78. The Morgan fingerprint density at radius 2 is 1.46 bits per heavy atom. The first kappa shape index (κ1) is 14.5. The predicted molar refractivity (Wildman–Crippen MR) is 97.8 cm³/mol. The van der Waals surface area contributed by atoms with E-state index in [4.69, 9.17) is 4.74 Å². The average Bonchev–Trinajstić information content (AvgIpc) is 2.65. The number of methoxy groups -OCH3 is 1. The SMILES string of the molecule is COc1cccc2c3ccccc3c(=O)n(Cc3ccccc3)c12. The van der Waals surface area contributed by atoms with Crippen LogP contribution in [0, 0.1) is 0 Å². The van der Waals surface area contributed by atoms with Crippen molar-refractivity contribution in [3.63, 3.8) is 0 Å². The number of nitrogens with zero attached hydrogens (tertiary/aromatic N) is 1. The van der Waals surface area contributed by atoms with Crippen molar-refractivity contribution in [1.82, 2.24) is 4.57 Å². The Hall–Kier alpha value is -3.07. The predicted octanol–water partition coefficient (Wildman–Crippen LogP) is 4.21. The monoisotopic (exact) mass is 315 g/mol. The third-order valence-corrected chi connectivity index (χ3v) is 4.37. The van der Waals surface area contributed by atoms with Crippen molar-refractivity contribution < 1.29 is 4.74 Å². The Kier molecular flexibility index (Phi) is 3.54. The van der Waals surface area contributed by atoms with E-state index in [0.29, 0.717) is 12.3 Å². The molecule has 0 radical (unpaired) electrons. The molecular weight excluding hydrogens is 298 g/mol. The zero-order valence-corrected chi connectivity index (χ0v) is 13.4. The Morgan fingerprint density at radius 1 is 0.792 bits per heavy atom. The second-order valence-corrected chi connectivity index (χ2v) is 5.78. The molecule has 24 heavy (non-hydrogen) atoms. The highest BCUT2D eigenvalue weighted by Gasteiger charge is 2.14. The maximum absolute atomic E-state index is 13.1. The highest BCUT2D eigenvalue weighted by molar-refractivity contribution is 6.07. The molecule has 0 spiro atoms. The normalized spacial score (nSPS) is 11.0. The van der Waals surface area contributed by atoms with Gasteiger partial charge in [0.05, 0.1) is 19.2 Å². The van der Waals surface area contributed by atoms with Crippen molar-refractivity contribution in [2.75, 3.05) is 7.11 Å². The van der Waals surface area contributed by atoms with Gasteiger partial charge in [-0.3, -0.25) is 9.36 Å². The lowest BCUT2D eigenvalue weighted by molar-refractivity contribution is 0.417. The van der Waals surface area contributed by atoms with E-state index in [0.717, 1.165) is 27.2 Å². The van der Waals surface area contributed by atoms with Crippen molar-refractivity contribution in [1.29, 1.82) is 0 Å². The van der Waals surface area contributed by atoms with E-state index in [1.54, 1.807) is 7.11 Å². The number of hydrogen-bond acceptors (Lipinski definition) is 2. The quantitative estimate of drug-likeness (QED) is 0.530. The standard InChI is InChI=1S/C21H17NO2/c1-24-19-13-7-12-17-16-10-5-6-11-18(16)21(23)22(20(17)19)14-15-8-3-2-4-9-15/h2-13H,14H2,1H3. The summed E-state index contributed by atoms with van der Waals surface area (Å²) in [6.45, 7) is 0.515. The number of ether oxygens (including phenoxy) is 1. The molecule has 0 amide bonds. The molecular formula is C21H17NO2. The summed E-state index contributed by atoms with van der Waals surface area (Å²) in [5.74, 6) is 0.714. The van der Waals surface area contributed by atoms with Crippen molar-refractivity contribution in [3.8, 4) is 5.75 Å². The minimum atomic E-state index is 0.00598. The fourth-order valence-corrected chi connectivity index (χ4v) is 3.25. The number of rotatable bonds is 3. The van der Waals surface area contributed by atoms with Gasteiger partial charge in [-0.25, -0.2) is 0 Å². The molecule has 1 heterocycles. The molecule has 0 aliphatic rings. The molecule has 0 saturated heterocycles. The van der Waals surface area contributed by atoms with Crippen LogP contribution in [0.25, 0.3) is 21.7 Å². The summed E-state index contributed by atoms with van der Waals surface area (Å²) in [7, 11) is 1.64. The Bertz CT molecular complexity index is 1080. The molecule has 0 saturated carbocycles. The van der Waals surface area contributed by atoms with Crippen LogP contribution >= 0.6 is 0 Å². The minimum Gasteiger partial charge on any atom is -0.495 e. The van der Waals surface area contributed by atoms with E-state index in [9.17, 15) is 4.79 Å². The number of hydrogen-bond donors (Lipinski definition) is 0. The smallest absolute Gasteiger partial charge is 0.259 e. The second kappa shape index (κ2) is 5.85. The number of aromatic nitrogens is 1. The van der Waals surface area contributed by atoms with E-state index in [-0.39, 0.29) is 5.56 Å². The van der Waals surface area contributed by atoms with Gasteiger partial charge in [0.25, 0.3) is 5.56 Å². The highest BCUT2D eigenvalue weighted by atomic mass is 16.5. The van der Waals surface area contributed by atoms with E-state index >= 15 is 0 Å². The summed E-state index contributed by atoms with van der Waals surface area (Å²) >= 11 is 0. The Balaban J connectivity index is 2.12. The van der Waals surface area contributed by atoms with Crippen LogP contribution in [0.2, 0.25) is 0 Å². The molecule has 0 fully saturated rings. The summed E-state index contributed by atoms with van der Waals surface area (Å²) in [6.07, 6.45) is 0. The lowest BCUT2D eigenvalue weighted by Crippen LogP contribution is -2.22. The highest BCUT2D eigenvalue weighted by Crippen LogP contribution is 2.30. The summed E-state index contributed by atoms with van der Waals surface area (Å²) in [6, 6.07) is 23.7. The fraction of sp³-hybridized carbons (Fsp3) is 0.0952. The van der Waals surface area contributed by atoms with E-state index in [1.165, 1.54) is 0 Å². The molecule has 0 aliphatic carbocycles. The summed E-state index contributed by atoms with van der Waals surface area (Å²) < 4.78 is 7.36. The largest absolute Gasteiger partial charge is 0.495 e. The van der Waals surface area contributed by atoms with E-state index in [2.05, 4.69) is 0 Å². The summed E-state index contributed by atoms with van der Waals surface area (Å²) in [5.41, 5.74) is 1.93. The van der Waals surface area contributed by atoms with Gasteiger partial charge in [0.1, 0.15) is 5.75 Å².